The number of carbonyl (C=O) groups excluding carboxylic acids is 2. The molecule has 0 heterocycles. The van der Waals surface area contributed by atoms with Gasteiger partial charge in [-0.15, -0.1) is 0 Å². The molecule has 0 aromatic carbocycles. The maximum Gasteiger partial charge on any atom is 0.341 e. The van der Waals surface area contributed by atoms with E-state index in [4.69, 9.17) is 4.74 Å². The van der Waals surface area contributed by atoms with Crippen molar-refractivity contribution in [1.29, 1.82) is 0 Å². The number of carbonyl (C=O) groups is 2. The summed E-state index contributed by atoms with van der Waals surface area (Å²) < 4.78 is 5.39. The van der Waals surface area contributed by atoms with Crippen LogP contribution in [0.4, 0.5) is 0 Å². The topological polar surface area (TPSA) is 43.4 Å². The molecule has 6 aliphatic carbocycles. The number of allylic oxidation sites excluding steroid dienone is 3. The third-order valence-corrected chi connectivity index (χ3v) is 10.0. The lowest BCUT2D eigenvalue weighted by molar-refractivity contribution is -0.174. The third kappa shape index (κ3) is 2.06. The first-order valence-electron chi connectivity index (χ1n) is 11.2. The lowest BCUT2D eigenvalue weighted by atomic mass is 9.43. The van der Waals surface area contributed by atoms with Crippen molar-refractivity contribution in [3.05, 3.63) is 23.3 Å². The zero-order valence-electron chi connectivity index (χ0n) is 18.1. The maximum atomic E-state index is 13.2. The summed E-state index contributed by atoms with van der Waals surface area (Å²) in [5, 5.41) is 0. The van der Waals surface area contributed by atoms with Crippen LogP contribution in [0, 0.1) is 39.4 Å². The van der Waals surface area contributed by atoms with E-state index in [9.17, 15) is 9.59 Å². The summed E-state index contributed by atoms with van der Waals surface area (Å²) in [5.41, 5.74) is 2.67. The summed E-state index contributed by atoms with van der Waals surface area (Å²) in [6, 6.07) is 0. The average Bonchev–Trinajstić information content (AvgIpc) is 3.10. The molecular weight excluding hydrogens is 348 g/mol. The predicted octanol–water partition coefficient (Wildman–Crippen LogP) is 5.60. The Labute approximate surface area is 169 Å². The van der Waals surface area contributed by atoms with Gasteiger partial charge in [0.25, 0.3) is 0 Å². The maximum absolute atomic E-state index is 13.2. The van der Waals surface area contributed by atoms with Gasteiger partial charge in [0, 0.05) is 5.57 Å². The van der Waals surface area contributed by atoms with Crippen LogP contribution in [0.2, 0.25) is 0 Å². The van der Waals surface area contributed by atoms with E-state index in [0.29, 0.717) is 16.4 Å². The van der Waals surface area contributed by atoms with E-state index < -0.39 is 11.4 Å². The summed E-state index contributed by atoms with van der Waals surface area (Å²) >= 11 is 0. The number of fused-ring (bicyclic) bond motifs is 1. The Hall–Kier alpha value is -1.38. The normalized spacial score (nSPS) is 51.0. The molecule has 7 atom stereocenters. The molecule has 6 aliphatic rings. The Morgan fingerprint density at radius 2 is 1.93 bits per heavy atom. The highest BCUT2D eigenvalue weighted by Crippen LogP contribution is 2.83. The molecule has 3 heteroatoms. The minimum atomic E-state index is -0.563. The smallest absolute Gasteiger partial charge is 0.341 e. The average molecular weight is 383 g/mol. The van der Waals surface area contributed by atoms with E-state index in [1.807, 2.05) is 0 Å². The standard InChI is InChI=1S/C25H34O3/c1-6-15(2)20(26)28-21(27)23(4)10-7-9-22(3)18(23)8-11-25-13-17-16(12-19(22)25)24(17,5)14-25/h6,12,16-18H,7-11,13-14H2,1-5H3. The number of rotatable bonds is 2. The van der Waals surface area contributed by atoms with Gasteiger partial charge in [0.1, 0.15) is 0 Å². The molecule has 3 nitrogen and oxygen atoms in total. The van der Waals surface area contributed by atoms with Crippen molar-refractivity contribution in [2.75, 3.05) is 0 Å². The van der Waals surface area contributed by atoms with Crippen molar-refractivity contribution < 1.29 is 14.3 Å². The van der Waals surface area contributed by atoms with Crippen LogP contribution in [-0.2, 0) is 14.3 Å². The highest BCUT2D eigenvalue weighted by atomic mass is 16.6. The van der Waals surface area contributed by atoms with Crippen molar-refractivity contribution in [3.63, 3.8) is 0 Å². The molecular formula is C25H34O3. The van der Waals surface area contributed by atoms with E-state index >= 15 is 0 Å². The summed E-state index contributed by atoms with van der Waals surface area (Å²) in [4.78, 5) is 25.5. The van der Waals surface area contributed by atoms with Crippen LogP contribution < -0.4 is 0 Å². The molecule has 0 amide bonds. The van der Waals surface area contributed by atoms with Crippen LogP contribution in [0.5, 0.6) is 0 Å². The minimum absolute atomic E-state index is 0.0812. The van der Waals surface area contributed by atoms with Crippen LogP contribution in [0.1, 0.15) is 79.6 Å². The van der Waals surface area contributed by atoms with Crippen molar-refractivity contribution in [2.24, 2.45) is 39.4 Å². The fourth-order valence-electron chi connectivity index (χ4n) is 8.42. The van der Waals surface area contributed by atoms with E-state index in [1.54, 1.807) is 25.5 Å². The van der Waals surface area contributed by atoms with Gasteiger partial charge in [-0.1, -0.05) is 38.0 Å². The molecule has 4 bridgehead atoms. The first kappa shape index (κ1) is 18.6. The largest absolute Gasteiger partial charge is 0.389 e. The molecule has 7 unspecified atom stereocenters. The van der Waals surface area contributed by atoms with Gasteiger partial charge in [0.05, 0.1) is 5.41 Å². The fraction of sp³-hybridized carbons (Fsp3) is 0.760. The Kier molecular flexibility index (Phi) is 3.60. The molecule has 0 aromatic rings. The van der Waals surface area contributed by atoms with Crippen LogP contribution in [0.3, 0.4) is 0 Å². The molecule has 0 aliphatic heterocycles. The van der Waals surface area contributed by atoms with Gasteiger partial charge >= 0.3 is 11.9 Å². The first-order chi connectivity index (χ1) is 13.1. The molecule has 0 saturated heterocycles. The van der Waals surface area contributed by atoms with E-state index in [-0.39, 0.29) is 17.3 Å². The second-order valence-electron chi connectivity index (χ2n) is 11.3. The van der Waals surface area contributed by atoms with Gasteiger partial charge in [0.15, 0.2) is 0 Å². The number of hydrogen-bond donors (Lipinski definition) is 0. The van der Waals surface area contributed by atoms with Crippen molar-refractivity contribution in [1.82, 2.24) is 0 Å². The van der Waals surface area contributed by atoms with E-state index in [1.165, 1.54) is 25.7 Å². The van der Waals surface area contributed by atoms with Crippen molar-refractivity contribution in [3.8, 4) is 0 Å². The Morgan fingerprint density at radius 1 is 1.18 bits per heavy atom. The molecule has 0 radical (unpaired) electrons. The molecule has 0 aromatic heterocycles. The van der Waals surface area contributed by atoms with Gasteiger partial charge in [0.2, 0.25) is 0 Å². The second kappa shape index (κ2) is 5.40. The van der Waals surface area contributed by atoms with E-state index in [2.05, 4.69) is 26.8 Å². The molecule has 28 heavy (non-hydrogen) atoms. The van der Waals surface area contributed by atoms with Crippen molar-refractivity contribution in [2.45, 2.75) is 79.6 Å². The monoisotopic (exact) mass is 382 g/mol. The number of ether oxygens (including phenoxy) is 1. The molecule has 152 valence electrons. The zero-order chi connectivity index (χ0) is 20.1. The molecule has 6 rings (SSSR count). The van der Waals surface area contributed by atoms with Crippen LogP contribution in [0.15, 0.2) is 23.3 Å². The zero-order valence-corrected chi connectivity index (χ0v) is 18.1. The van der Waals surface area contributed by atoms with Gasteiger partial charge in [-0.25, -0.2) is 4.79 Å². The second-order valence-corrected chi connectivity index (χ2v) is 11.3. The Morgan fingerprint density at radius 3 is 2.57 bits per heavy atom. The lowest BCUT2D eigenvalue weighted by Gasteiger charge is -2.61. The highest BCUT2D eigenvalue weighted by molar-refractivity contribution is 5.97. The van der Waals surface area contributed by atoms with E-state index in [0.717, 1.165) is 31.1 Å². The SMILES string of the molecule is CC=C(C)C(=O)OC(=O)C1(C)CCCC2(C)C3=CC4C5CC3(CCC12)CC45C. The first-order valence-corrected chi connectivity index (χ1v) is 11.2. The van der Waals surface area contributed by atoms with Crippen molar-refractivity contribution >= 4 is 11.9 Å². The lowest BCUT2D eigenvalue weighted by Crippen LogP contribution is -2.55. The molecule has 0 N–H and O–H groups in total. The summed E-state index contributed by atoms with van der Waals surface area (Å²) in [6.07, 6.45) is 12.4. The molecule has 1 spiro atoms. The number of esters is 2. The Balaban J connectivity index is 1.48. The van der Waals surface area contributed by atoms with Gasteiger partial charge in [-0.2, -0.15) is 0 Å². The fourth-order valence-corrected chi connectivity index (χ4v) is 8.42. The third-order valence-electron chi connectivity index (χ3n) is 10.0. The quantitative estimate of drug-likeness (QED) is 0.270. The van der Waals surface area contributed by atoms with Gasteiger partial charge in [-0.05, 0) is 93.3 Å². The van der Waals surface area contributed by atoms with Gasteiger partial charge < -0.3 is 4.74 Å². The highest BCUT2D eigenvalue weighted by Gasteiger charge is 2.75. The van der Waals surface area contributed by atoms with Crippen LogP contribution in [-0.4, -0.2) is 11.9 Å². The summed E-state index contributed by atoms with van der Waals surface area (Å²) in [7, 11) is 0. The number of hydrogen-bond acceptors (Lipinski definition) is 3. The molecule has 4 fully saturated rings. The van der Waals surface area contributed by atoms with Crippen LogP contribution >= 0.6 is 0 Å². The summed E-state index contributed by atoms with van der Waals surface area (Å²) in [5.74, 6) is 1.18. The van der Waals surface area contributed by atoms with Gasteiger partial charge in [-0.3, -0.25) is 4.79 Å². The minimum Gasteiger partial charge on any atom is -0.389 e. The van der Waals surface area contributed by atoms with Crippen LogP contribution in [0.25, 0.3) is 0 Å². The Bertz CT molecular complexity index is 837. The predicted molar refractivity (Wildman–Crippen MR) is 108 cm³/mol. The summed E-state index contributed by atoms with van der Waals surface area (Å²) in [6.45, 7) is 10.5. The molecule has 4 saturated carbocycles.